The van der Waals surface area contributed by atoms with Crippen LogP contribution in [0.15, 0.2) is 23.5 Å². The van der Waals surface area contributed by atoms with Gasteiger partial charge < -0.3 is 29.2 Å². The van der Waals surface area contributed by atoms with E-state index in [0.29, 0.717) is 13.2 Å². The van der Waals surface area contributed by atoms with Gasteiger partial charge in [-0.25, -0.2) is 9.59 Å². The maximum absolute atomic E-state index is 12.2. The Morgan fingerprint density at radius 2 is 1.60 bits per heavy atom. The summed E-state index contributed by atoms with van der Waals surface area (Å²) in [6.07, 6.45) is 3.08. The van der Waals surface area contributed by atoms with Crippen molar-refractivity contribution in [1.82, 2.24) is 10.2 Å². The van der Waals surface area contributed by atoms with Crippen molar-refractivity contribution >= 4 is 11.9 Å². The summed E-state index contributed by atoms with van der Waals surface area (Å²) in [5, 5.41) is 3.16. The number of hydrogen-bond acceptors (Lipinski definition) is 8. The fraction of sp³-hybridized carbons (Fsp3) is 0.647. The van der Waals surface area contributed by atoms with Gasteiger partial charge in [-0.2, -0.15) is 0 Å². The van der Waals surface area contributed by atoms with E-state index in [1.807, 2.05) is 25.8 Å². The Morgan fingerprint density at radius 3 is 2.04 bits per heavy atom. The highest BCUT2D eigenvalue weighted by molar-refractivity contribution is 6.14. The summed E-state index contributed by atoms with van der Waals surface area (Å²) in [4.78, 5) is 26.3. The van der Waals surface area contributed by atoms with Crippen LogP contribution in [0.1, 0.15) is 13.8 Å². The number of nitrogens with zero attached hydrogens (tertiary/aromatic N) is 1. The van der Waals surface area contributed by atoms with Gasteiger partial charge in [-0.3, -0.25) is 0 Å². The molecule has 0 spiro atoms. The third-order valence-electron chi connectivity index (χ3n) is 3.34. The Kier molecular flexibility index (Phi) is 10.3. The van der Waals surface area contributed by atoms with Crippen LogP contribution in [-0.4, -0.2) is 76.6 Å². The molecule has 1 aliphatic heterocycles. The van der Waals surface area contributed by atoms with E-state index in [4.69, 9.17) is 18.9 Å². The minimum absolute atomic E-state index is 0.0744. The highest BCUT2D eigenvalue weighted by Gasteiger charge is 2.21. The van der Waals surface area contributed by atoms with Crippen LogP contribution in [0.4, 0.5) is 0 Å². The van der Waals surface area contributed by atoms with Crippen molar-refractivity contribution in [1.29, 1.82) is 0 Å². The second kappa shape index (κ2) is 12.3. The summed E-state index contributed by atoms with van der Waals surface area (Å²) in [5.41, 5.74) is -0.164. The molecule has 0 saturated carbocycles. The minimum atomic E-state index is -0.737. The van der Waals surface area contributed by atoms with Crippen LogP contribution in [0.25, 0.3) is 0 Å². The van der Waals surface area contributed by atoms with E-state index in [1.165, 1.54) is 6.08 Å². The third-order valence-corrected chi connectivity index (χ3v) is 3.34. The van der Waals surface area contributed by atoms with E-state index in [0.717, 1.165) is 18.9 Å². The number of carbonyl (C=O) groups is 2. The second-order valence-corrected chi connectivity index (χ2v) is 5.15. The van der Waals surface area contributed by atoms with E-state index in [2.05, 4.69) is 5.32 Å². The predicted octanol–water partition coefficient (Wildman–Crippen LogP) is 0.449. The van der Waals surface area contributed by atoms with Gasteiger partial charge in [-0.1, -0.05) is 0 Å². The normalized spacial score (nSPS) is 15.0. The number of carbonyl (C=O) groups excluding carboxylic acids is 2. The molecule has 1 fully saturated rings. The topological polar surface area (TPSA) is 86.3 Å². The first-order valence-electron chi connectivity index (χ1n) is 8.46. The number of likely N-dealkylation sites (N-methyl/N-ethyl adjacent to an activating group) is 1. The van der Waals surface area contributed by atoms with Crippen LogP contribution in [0.5, 0.6) is 0 Å². The molecule has 0 aliphatic carbocycles. The molecule has 8 heteroatoms. The molecule has 1 N–H and O–H groups in total. The standard InChI is InChI=1S/C17H28N2O6/c1-4-22-10-12-24-16(20)14(17(21)25-13-11-23-5-2)6-7-15-18-8-9-19(15)3/h6-7,18H,4-5,8-13H2,1-3H3/b15-7+. The van der Waals surface area contributed by atoms with Crippen molar-refractivity contribution < 1.29 is 28.5 Å². The number of hydrogen-bond donors (Lipinski definition) is 1. The summed E-state index contributed by atoms with van der Waals surface area (Å²) in [5.74, 6) is -0.654. The van der Waals surface area contributed by atoms with Crippen LogP contribution in [0.3, 0.4) is 0 Å². The first kappa shape index (κ1) is 21.0. The molecule has 0 bridgehead atoms. The van der Waals surface area contributed by atoms with Gasteiger partial charge in [-0.15, -0.1) is 0 Å². The molecule has 0 aromatic rings. The lowest BCUT2D eigenvalue weighted by Gasteiger charge is -2.11. The number of rotatable bonds is 11. The Hall–Kier alpha value is -2.06. The number of allylic oxidation sites excluding steroid dienone is 2. The SMILES string of the molecule is CCOCCOC(=O)C(=C/C=C1\NCCN1C)C(=O)OCCOCC. The molecule has 0 aromatic heterocycles. The number of esters is 2. The van der Waals surface area contributed by atoms with Gasteiger partial charge in [-0.05, 0) is 26.0 Å². The summed E-state index contributed by atoms with van der Waals surface area (Å²) in [6, 6.07) is 0. The van der Waals surface area contributed by atoms with E-state index in [1.54, 1.807) is 6.08 Å². The van der Waals surface area contributed by atoms with Crippen LogP contribution in [0, 0.1) is 0 Å². The average Bonchev–Trinajstić information content (AvgIpc) is 3.01. The van der Waals surface area contributed by atoms with Crippen LogP contribution in [0.2, 0.25) is 0 Å². The summed E-state index contributed by atoms with van der Waals surface area (Å²) in [6.45, 7) is 7.13. The quantitative estimate of drug-likeness (QED) is 0.188. The van der Waals surface area contributed by atoms with Gasteiger partial charge in [0.1, 0.15) is 24.6 Å². The second-order valence-electron chi connectivity index (χ2n) is 5.15. The van der Waals surface area contributed by atoms with E-state index in [-0.39, 0.29) is 32.0 Å². The zero-order valence-electron chi connectivity index (χ0n) is 15.2. The molecule has 1 heterocycles. The number of nitrogens with one attached hydrogen (secondary N) is 1. The fourth-order valence-corrected chi connectivity index (χ4v) is 2.01. The fourth-order valence-electron chi connectivity index (χ4n) is 2.01. The van der Waals surface area contributed by atoms with Gasteiger partial charge in [0.2, 0.25) is 0 Å². The maximum Gasteiger partial charge on any atom is 0.345 e. The number of ether oxygens (including phenoxy) is 4. The van der Waals surface area contributed by atoms with E-state index < -0.39 is 11.9 Å². The van der Waals surface area contributed by atoms with Crippen LogP contribution >= 0.6 is 0 Å². The molecule has 0 radical (unpaired) electrons. The van der Waals surface area contributed by atoms with Crippen molar-refractivity contribution in [2.75, 3.05) is 59.8 Å². The zero-order chi connectivity index (χ0) is 18.5. The molecule has 0 atom stereocenters. The molecular weight excluding hydrogens is 328 g/mol. The highest BCUT2D eigenvalue weighted by atomic mass is 16.6. The molecule has 1 rings (SSSR count). The Labute approximate surface area is 148 Å². The molecule has 0 aromatic carbocycles. The molecule has 8 nitrogen and oxygen atoms in total. The Bertz CT molecular complexity index is 464. The van der Waals surface area contributed by atoms with Crippen LogP contribution in [-0.2, 0) is 28.5 Å². The minimum Gasteiger partial charge on any atom is -0.459 e. The lowest BCUT2D eigenvalue weighted by Crippen LogP contribution is -2.22. The van der Waals surface area contributed by atoms with Gasteiger partial charge in [0.25, 0.3) is 0 Å². The third kappa shape index (κ3) is 8.04. The van der Waals surface area contributed by atoms with Gasteiger partial charge in [0.05, 0.1) is 13.2 Å². The first-order chi connectivity index (χ1) is 12.1. The molecule has 25 heavy (non-hydrogen) atoms. The van der Waals surface area contributed by atoms with Crippen molar-refractivity contribution in [3.8, 4) is 0 Å². The molecule has 0 unspecified atom stereocenters. The summed E-state index contributed by atoms with van der Waals surface area (Å²) >= 11 is 0. The first-order valence-corrected chi connectivity index (χ1v) is 8.46. The van der Waals surface area contributed by atoms with E-state index in [9.17, 15) is 9.59 Å². The van der Waals surface area contributed by atoms with Crippen LogP contribution < -0.4 is 5.32 Å². The Morgan fingerprint density at radius 1 is 1.04 bits per heavy atom. The highest BCUT2D eigenvalue weighted by Crippen LogP contribution is 2.08. The van der Waals surface area contributed by atoms with Gasteiger partial charge in [0, 0.05) is 33.4 Å². The summed E-state index contributed by atoms with van der Waals surface area (Å²) < 4.78 is 20.4. The largest absolute Gasteiger partial charge is 0.459 e. The molecule has 1 saturated heterocycles. The average molecular weight is 356 g/mol. The zero-order valence-corrected chi connectivity index (χ0v) is 15.2. The van der Waals surface area contributed by atoms with E-state index >= 15 is 0 Å². The van der Waals surface area contributed by atoms with Crippen molar-refractivity contribution in [3.63, 3.8) is 0 Å². The molecular formula is C17H28N2O6. The lowest BCUT2D eigenvalue weighted by molar-refractivity contribution is -0.148. The molecule has 0 amide bonds. The van der Waals surface area contributed by atoms with Gasteiger partial charge >= 0.3 is 11.9 Å². The van der Waals surface area contributed by atoms with Crippen molar-refractivity contribution in [2.45, 2.75) is 13.8 Å². The van der Waals surface area contributed by atoms with Crippen molar-refractivity contribution in [3.05, 3.63) is 23.5 Å². The lowest BCUT2D eigenvalue weighted by atomic mass is 10.2. The van der Waals surface area contributed by atoms with Crippen molar-refractivity contribution in [2.24, 2.45) is 0 Å². The van der Waals surface area contributed by atoms with Gasteiger partial charge in [0.15, 0.2) is 0 Å². The monoisotopic (exact) mass is 356 g/mol. The molecule has 1 aliphatic rings. The smallest absolute Gasteiger partial charge is 0.345 e. The Balaban J connectivity index is 2.71. The predicted molar refractivity (Wildman–Crippen MR) is 91.7 cm³/mol. The maximum atomic E-state index is 12.2. The summed E-state index contributed by atoms with van der Waals surface area (Å²) in [7, 11) is 1.92. The molecule has 142 valence electrons.